The Morgan fingerprint density at radius 3 is 2.81 bits per heavy atom. The molecule has 114 valence electrons. The number of fused-ring (bicyclic) bond motifs is 2. The molecule has 1 aromatic rings. The van der Waals surface area contributed by atoms with Crippen LogP contribution < -0.4 is 5.32 Å². The molecule has 0 unspecified atom stereocenters. The lowest BCUT2D eigenvalue weighted by atomic mass is 9.84. The van der Waals surface area contributed by atoms with Gasteiger partial charge < -0.3 is 15.4 Å². The molecule has 8 heteroatoms. The van der Waals surface area contributed by atoms with Gasteiger partial charge in [0.05, 0.1) is 0 Å². The highest BCUT2D eigenvalue weighted by molar-refractivity contribution is 9.10. The normalized spacial score (nSPS) is 28.6. The predicted molar refractivity (Wildman–Crippen MR) is 78.8 cm³/mol. The van der Waals surface area contributed by atoms with Gasteiger partial charge in [0, 0.05) is 6.04 Å². The summed E-state index contributed by atoms with van der Waals surface area (Å²) in [7, 11) is 0. The molecule has 3 rings (SSSR count). The molecule has 2 bridgehead atoms. The molecule has 4 atom stereocenters. The molecule has 1 heterocycles. The summed E-state index contributed by atoms with van der Waals surface area (Å²) in [5, 5.41) is 19.7. The summed E-state index contributed by atoms with van der Waals surface area (Å²) in [6.45, 7) is 2.01. The summed E-state index contributed by atoms with van der Waals surface area (Å²) in [5.74, 6) is 1.37. The van der Waals surface area contributed by atoms with Crippen molar-refractivity contribution in [1.29, 1.82) is 0 Å². The fraction of sp³-hybridized carbons (Fsp3) is 0.692. The fourth-order valence-electron chi connectivity index (χ4n) is 3.88. The first-order valence-electron chi connectivity index (χ1n) is 7.16. The van der Waals surface area contributed by atoms with Crippen LogP contribution >= 0.6 is 15.9 Å². The van der Waals surface area contributed by atoms with Gasteiger partial charge >= 0.3 is 5.82 Å². The number of hydrogen-bond donors (Lipinski definition) is 2. The van der Waals surface area contributed by atoms with Crippen LogP contribution in [-0.2, 0) is 0 Å². The Morgan fingerprint density at radius 1 is 1.52 bits per heavy atom. The van der Waals surface area contributed by atoms with Crippen LogP contribution in [0, 0.1) is 27.9 Å². The van der Waals surface area contributed by atoms with E-state index in [1.807, 2.05) is 6.92 Å². The minimum absolute atomic E-state index is 0.0386. The van der Waals surface area contributed by atoms with Crippen molar-refractivity contribution in [2.24, 2.45) is 17.8 Å². The summed E-state index contributed by atoms with van der Waals surface area (Å²) in [6.07, 6.45) is 5.03. The summed E-state index contributed by atoms with van der Waals surface area (Å²) in [5.41, 5.74) is 0.0386. The van der Waals surface area contributed by atoms with Crippen LogP contribution in [0.1, 0.15) is 43.1 Å². The van der Waals surface area contributed by atoms with Crippen LogP contribution in [0.3, 0.4) is 0 Å². The van der Waals surface area contributed by atoms with Gasteiger partial charge in [0.15, 0.2) is 5.69 Å². The van der Waals surface area contributed by atoms with E-state index >= 15 is 0 Å². The molecular formula is C13H17BrN4O3. The predicted octanol–water partition coefficient (Wildman–Crippen LogP) is 2.63. The van der Waals surface area contributed by atoms with Crippen LogP contribution in [0.25, 0.3) is 0 Å². The number of amides is 1. The molecule has 1 aromatic heterocycles. The Hall–Kier alpha value is -1.44. The van der Waals surface area contributed by atoms with Crippen LogP contribution in [0.15, 0.2) is 4.47 Å². The highest BCUT2D eigenvalue weighted by Crippen LogP contribution is 2.49. The first-order valence-corrected chi connectivity index (χ1v) is 7.95. The summed E-state index contributed by atoms with van der Waals surface area (Å²) >= 11 is 3.06. The number of nitrogens with one attached hydrogen (secondary N) is 2. The number of rotatable bonds is 4. The molecule has 0 aliphatic heterocycles. The summed E-state index contributed by atoms with van der Waals surface area (Å²) in [6, 6.07) is 0.0652. The second-order valence-electron chi connectivity index (χ2n) is 6.09. The van der Waals surface area contributed by atoms with Crippen LogP contribution in [-0.4, -0.2) is 27.1 Å². The van der Waals surface area contributed by atoms with Crippen molar-refractivity contribution >= 4 is 27.7 Å². The number of nitro groups is 1. The van der Waals surface area contributed by atoms with Gasteiger partial charge in [0.1, 0.15) is 4.47 Å². The molecule has 2 N–H and O–H groups in total. The molecule has 0 aromatic carbocycles. The first-order chi connectivity index (χ1) is 9.97. The van der Waals surface area contributed by atoms with E-state index in [0.717, 1.165) is 5.92 Å². The molecule has 21 heavy (non-hydrogen) atoms. The smallest absolute Gasteiger partial charge is 0.357 e. The summed E-state index contributed by atoms with van der Waals surface area (Å²) in [4.78, 5) is 22.4. The maximum atomic E-state index is 12.2. The molecule has 2 saturated carbocycles. The van der Waals surface area contributed by atoms with Crippen molar-refractivity contribution in [3.8, 4) is 0 Å². The number of aromatic nitrogens is 2. The average molecular weight is 357 g/mol. The van der Waals surface area contributed by atoms with Crippen molar-refractivity contribution in [3.05, 3.63) is 20.3 Å². The van der Waals surface area contributed by atoms with Crippen molar-refractivity contribution < 1.29 is 9.72 Å². The highest BCUT2D eigenvalue weighted by Gasteiger charge is 2.42. The highest BCUT2D eigenvalue weighted by atomic mass is 79.9. The van der Waals surface area contributed by atoms with Gasteiger partial charge in [-0.2, -0.15) is 0 Å². The maximum absolute atomic E-state index is 12.2. The number of carbonyl (C=O) groups is 1. The van der Waals surface area contributed by atoms with Crippen LogP contribution in [0.5, 0.6) is 0 Å². The van der Waals surface area contributed by atoms with Crippen molar-refractivity contribution in [2.75, 3.05) is 0 Å². The minimum atomic E-state index is -0.604. The van der Waals surface area contributed by atoms with Crippen LogP contribution in [0.2, 0.25) is 0 Å². The molecule has 2 aliphatic rings. The third-order valence-electron chi connectivity index (χ3n) is 4.88. The number of nitrogens with zero attached hydrogens (tertiary/aromatic N) is 2. The molecule has 0 radical (unpaired) electrons. The Kier molecular flexibility index (Phi) is 3.73. The van der Waals surface area contributed by atoms with E-state index < -0.39 is 4.92 Å². The van der Waals surface area contributed by atoms with Crippen LogP contribution in [0.4, 0.5) is 5.82 Å². The largest absolute Gasteiger partial charge is 0.358 e. The van der Waals surface area contributed by atoms with Crippen molar-refractivity contribution in [2.45, 2.75) is 38.6 Å². The Morgan fingerprint density at radius 2 is 2.29 bits per heavy atom. The van der Waals surface area contributed by atoms with Gasteiger partial charge in [0.2, 0.25) is 0 Å². The quantitative estimate of drug-likeness (QED) is 0.639. The van der Waals surface area contributed by atoms with Gasteiger partial charge in [0.25, 0.3) is 5.91 Å². The van der Waals surface area contributed by atoms with E-state index in [2.05, 4.69) is 31.4 Å². The molecular weight excluding hydrogens is 340 g/mol. The molecule has 0 spiro atoms. The SMILES string of the molecule is C[C@H](NC(=O)c1n[nH]c([N+](=O)[O-])c1Br)[C@H]1C[C@H]2CC[C@H]1C2. The van der Waals surface area contributed by atoms with Crippen molar-refractivity contribution in [1.82, 2.24) is 15.5 Å². The van der Waals surface area contributed by atoms with E-state index in [4.69, 9.17) is 0 Å². The fourth-order valence-corrected chi connectivity index (χ4v) is 4.38. The van der Waals surface area contributed by atoms with E-state index in [1.165, 1.54) is 25.7 Å². The lowest BCUT2D eigenvalue weighted by molar-refractivity contribution is -0.390. The summed E-state index contributed by atoms with van der Waals surface area (Å²) < 4.78 is 0.102. The molecule has 7 nitrogen and oxygen atoms in total. The van der Waals surface area contributed by atoms with E-state index in [-0.39, 0.29) is 27.9 Å². The number of halogens is 1. The topological polar surface area (TPSA) is 101 Å². The molecule has 2 aliphatic carbocycles. The Bertz CT molecular complexity index is 588. The molecule has 1 amide bonds. The van der Waals surface area contributed by atoms with Gasteiger partial charge in [-0.3, -0.25) is 4.79 Å². The Balaban J connectivity index is 1.67. The number of aromatic amines is 1. The average Bonchev–Trinajstić information content (AvgIpc) is 3.12. The van der Waals surface area contributed by atoms with Gasteiger partial charge in [-0.1, -0.05) is 11.5 Å². The Labute approximate surface area is 130 Å². The molecule has 0 saturated heterocycles. The van der Waals surface area contributed by atoms with E-state index in [9.17, 15) is 14.9 Å². The van der Waals surface area contributed by atoms with Gasteiger partial charge in [-0.15, -0.1) is 5.10 Å². The van der Waals surface area contributed by atoms with Gasteiger partial charge in [-0.05, 0) is 64.8 Å². The number of H-pyrrole nitrogens is 1. The zero-order valence-electron chi connectivity index (χ0n) is 11.6. The van der Waals surface area contributed by atoms with Crippen molar-refractivity contribution in [3.63, 3.8) is 0 Å². The number of hydrogen-bond acceptors (Lipinski definition) is 4. The second kappa shape index (κ2) is 5.40. The monoisotopic (exact) mass is 356 g/mol. The van der Waals surface area contributed by atoms with Gasteiger partial charge in [-0.25, -0.2) is 0 Å². The third-order valence-corrected chi connectivity index (χ3v) is 5.63. The van der Waals surface area contributed by atoms with E-state index in [0.29, 0.717) is 11.8 Å². The minimum Gasteiger partial charge on any atom is -0.358 e. The lowest BCUT2D eigenvalue weighted by Gasteiger charge is -2.28. The second-order valence-corrected chi connectivity index (χ2v) is 6.89. The standard InChI is InChI=1S/C13H17BrN4O3/c1-6(9-5-7-2-3-8(9)4-7)15-13(19)11-10(14)12(17-16-11)18(20)21/h6-9H,2-5H2,1H3,(H,15,19)(H,16,17)/t6-,7-,8-,9+/m0/s1. The molecule has 2 fully saturated rings. The number of carbonyl (C=O) groups excluding carboxylic acids is 1. The first kappa shape index (κ1) is 14.5. The third kappa shape index (κ3) is 2.56. The van der Waals surface area contributed by atoms with E-state index in [1.54, 1.807) is 0 Å². The maximum Gasteiger partial charge on any atom is 0.357 e. The zero-order chi connectivity index (χ0) is 15.1. The lowest BCUT2D eigenvalue weighted by Crippen LogP contribution is -2.40. The zero-order valence-corrected chi connectivity index (χ0v) is 13.2.